The predicted octanol–water partition coefficient (Wildman–Crippen LogP) is 3.65. The average molecular weight is 1050 g/mol. The third kappa shape index (κ3) is 11.9. The number of aliphatic carboxylic acids is 1. The number of methoxy groups -OCH3 is 2. The van der Waals surface area contributed by atoms with Gasteiger partial charge in [0, 0.05) is 31.8 Å². The highest BCUT2D eigenvalue weighted by atomic mass is 16.7. The zero-order valence-electron chi connectivity index (χ0n) is 44.0. The van der Waals surface area contributed by atoms with Crippen molar-refractivity contribution in [1.82, 2.24) is 9.80 Å². The summed E-state index contributed by atoms with van der Waals surface area (Å²) in [4.78, 5) is 61.5. The molecule has 75 heavy (non-hydrogen) atoms. The number of carboxylic acid groups (broad SMARTS) is 1. The van der Waals surface area contributed by atoms with Crippen LogP contribution in [-0.4, -0.2) is 164 Å². The largest absolute Gasteiger partial charge is 0.499 e. The van der Waals surface area contributed by atoms with Crippen molar-refractivity contribution >= 4 is 24.2 Å². The number of ether oxygens (including phenoxy) is 7. The van der Waals surface area contributed by atoms with Gasteiger partial charge in [0.25, 0.3) is 0 Å². The van der Waals surface area contributed by atoms with Gasteiger partial charge in [0.15, 0.2) is 40.3 Å². The molecule has 0 bridgehead atoms. The second-order valence-corrected chi connectivity index (χ2v) is 21.4. The fraction of sp³-hybridized carbons (Fsp3) is 0.630. The minimum Gasteiger partial charge on any atom is -0.499 e. The molecule has 2 aromatic carbocycles. The maximum absolute atomic E-state index is 13.4. The summed E-state index contributed by atoms with van der Waals surface area (Å²) in [7, 11) is 3.24. The van der Waals surface area contributed by atoms with Gasteiger partial charge in [0.1, 0.15) is 17.6 Å². The van der Waals surface area contributed by atoms with Crippen molar-refractivity contribution in [2.75, 3.05) is 54.0 Å². The lowest BCUT2D eigenvalue weighted by atomic mass is 9.77. The Balaban J connectivity index is 0.000000192. The number of rotatable bonds is 11. The Hall–Kier alpha value is -5.86. The van der Waals surface area contributed by atoms with E-state index in [4.69, 9.17) is 57.4 Å². The molecule has 0 saturated carbocycles. The Kier molecular flexibility index (Phi) is 18.0. The van der Waals surface area contributed by atoms with E-state index in [0.717, 1.165) is 93.1 Å². The number of carbonyl (C=O) groups is 2. The number of benzene rings is 2. The second kappa shape index (κ2) is 23.2. The Morgan fingerprint density at radius 1 is 0.653 bits per heavy atom. The van der Waals surface area contributed by atoms with Crippen molar-refractivity contribution in [3.8, 4) is 23.0 Å². The van der Waals surface area contributed by atoms with Crippen LogP contribution in [0.15, 0.2) is 47.9 Å². The molecule has 0 amide bonds. The van der Waals surface area contributed by atoms with Crippen molar-refractivity contribution in [2.24, 2.45) is 0 Å². The van der Waals surface area contributed by atoms with Gasteiger partial charge in [0.2, 0.25) is 13.6 Å². The smallest absolute Gasteiger partial charge is 0.373 e. The van der Waals surface area contributed by atoms with Crippen LogP contribution in [0.1, 0.15) is 127 Å². The van der Waals surface area contributed by atoms with Crippen LogP contribution >= 0.6 is 0 Å². The van der Waals surface area contributed by atoms with Gasteiger partial charge < -0.3 is 63.8 Å². The van der Waals surface area contributed by atoms with E-state index in [9.17, 15) is 35.1 Å². The molecule has 8 atom stereocenters. The zero-order valence-corrected chi connectivity index (χ0v) is 44.0. The summed E-state index contributed by atoms with van der Waals surface area (Å²) >= 11 is 0. The molecule has 21 nitrogen and oxygen atoms in total. The molecule has 2 fully saturated rings. The lowest BCUT2D eigenvalue weighted by molar-refractivity contribution is -0.193. The molecule has 21 heteroatoms. The van der Waals surface area contributed by atoms with Gasteiger partial charge in [-0.3, -0.25) is 9.80 Å². The van der Waals surface area contributed by atoms with Gasteiger partial charge in [-0.25, -0.2) is 9.59 Å². The fourth-order valence-corrected chi connectivity index (χ4v) is 12.4. The molecular weight excluding hydrogens is 981 g/mol. The van der Waals surface area contributed by atoms with E-state index in [1.54, 1.807) is 41.9 Å². The molecule has 6 N–H and O–H groups in total. The summed E-state index contributed by atoms with van der Waals surface area (Å²) in [6.07, 6.45) is 9.48. The standard InChI is InChI=1S/C26H35NO7.C18H21NO4.C8H16O4.2CO2/c1-5-26(30,14-24(2,3)29)23(28)34-22-20(31-4)13-25-8-6-9-27(25)10-7-16-11-18-19(33-15-32-18)12-17(16)21(22)25;1-21-15-9-18-4-2-5-19(18)6-3-11-7-13-14(23-10-22-13)8-12(11)16(18)17(15)20;1-4-8(12,6(9)10)5-7(2,3)11;2*2-1-3/h11-13,21-22,29-30H,5-10,14-15H2,1-4H3;7-9,16-17,20H,2-6,10H2,1H3;11-12H,4-5H2,1-3H3,(H,9,10);;/t21-,22?,25+,26?;16-,17?,18+;;;/m11.../s1. The number of carboxylic acids is 1. The highest BCUT2D eigenvalue weighted by molar-refractivity contribution is 5.80. The number of esters is 1. The highest BCUT2D eigenvalue weighted by Gasteiger charge is 2.60. The number of aliphatic hydroxyl groups is 5. The number of nitrogens with zero attached hydrogens (tertiary/aromatic N) is 2. The first kappa shape index (κ1) is 58.4. The average Bonchev–Trinajstić information content (AvgIpc) is 4.22. The number of fused-ring (bicyclic) bond motifs is 6. The first-order chi connectivity index (χ1) is 35.4. The Morgan fingerprint density at radius 2 is 1.05 bits per heavy atom. The maximum atomic E-state index is 13.4. The predicted molar refractivity (Wildman–Crippen MR) is 261 cm³/mol. The van der Waals surface area contributed by atoms with Gasteiger partial charge >= 0.3 is 24.2 Å². The number of hydrogen-bond acceptors (Lipinski definition) is 20. The van der Waals surface area contributed by atoms with Gasteiger partial charge in [0.05, 0.1) is 42.4 Å². The van der Waals surface area contributed by atoms with E-state index in [1.165, 1.54) is 25.0 Å². The van der Waals surface area contributed by atoms with Crippen LogP contribution in [0.25, 0.3) is 0 Å². The van der Waals surface area contributed by atoms with E-state index >= 15 is 0 Å². The monoisotopic (exact) mass is 1050 g/mol. The molecule has 2 aliphatic carbocycles. The summed E-state index contributed by atoms with van der Waals surface area (Å²) in [5, 5.41) is 59.9. The molecule has 6 aliphatic heterocycles. The number of hydrogen-bond donors (Lipinski definition) is 6. The minimum atomic E-state index is -1.81. The van der Waals surface area contributed by atoms with Crippen LogP contribution in [0.4, 0.5) is 0 Å². The maximum Gasteiger partial charge on any atom is 0.373 e. The van der Waals surface area contributed by atoms with Crippen molar-refractivity contribution in [2.45, 2.75) is 163 Å². The fourth-order valence-electron chi connectivity index (χ4n) is 12.4. The van der Waals surface area contributed by atoms with E-state index in [-0.39, 0.29) is 74.5 Å². The Labute approximate surface area is 435 Å². The first-order valence-corrected chi connectivity index (χ1v) is 25.3. The lowest BCUT2D eigenvalue weighted by Crippen LogP contribution is -2.50. The van der Waals surface area contributed by atoms with Crippen LogP contribution < -0.4 is 18.9 Å². The molecule has 2 spiro atoms. The van der Waals surface area contributed by atoms with Gasteiger partial charge in [-0.15, -0.1) is 0 Å². The Morgan fingerprint density at radius 3 is 1.45 bits per heavy atom. The molecule has 2 aromatic rings. The van der Waals surface area contributed by atoms with Crippen molar-refractivity contribution in [1.29, 1.82) is 0 Å². The van der Waals surface area contributed by atoms with Crippen LogP contribution in [-0.2, 0) is 55.8 Å². The number of carbonyl (C=O) groups excluding carboxylic acids is 5. The van der Waals surface area contributed by atoms with Crippen LogP contribution in [0.3, 0.4) is 0 Å². The summed E-state index contributed by atoms with van der Waals surface area (Å²) < 4.78 is 39.9. The van der Waals surface area contributed by atoms with Gasteiger partial charge in [-0.1, -0.05) is 13.8 Å². The first-order valence-electron chi connectivity index (χ1n) is 25.3. The van der Waals surface area contributed by atoms with Crippen molar-refractivity contribution in [3.05, 3.63) is 70.2 Å². The molecule has 0 radical (unpaired) electrons. The molecule has 412 valence electrons. The molecule has 0 aromatic heterocycles. The quantitative estimate of drug-likeness (QED) is 0.175. The molecule has 2 saturated heterocycles. The summed E-state index contributed by atoms with van der Waals surface area (Å²) in [6.45, 7) is 13.8. The highest BCUT2D eigenvalue weighted by Crippen LogP contribution is 2.57. The van der Waals surface area contributed by atoms with Crippen molar-refractivity contribution < 1.29 is 92.6 Å². The summed E-state index contributed by atoms with van der Waals surface area (Å²) in [5.41, 5.74) is -1.79. The summed E-state index contributed by atoms with van der Waals surface area (Å²) in [6, 6.07) is 8.27. The third-order valence-corrected chi connectivity index (χ3v) is 15.6. The third-order valence-electron chi connectivity index (χ3n) is 15.6. The van der Waals surface area contributed by atoms with Crippen molar-refractivity contribution in [3.63, 3.8) is 0 Å². The Bertz CT molecular complexity index is 2530. The molecule has 4 unspecified atom stereocenters. The van der Waals surface area contributed by atoms with Gasteiger partial charge in [-0.05, 0) is 151 Å². The molecule has 6 heterocycles. The lowest BCUT2D eigenvalue weighted by Gasteiger charge is -2.40. The molecular formula is C54H72N2O19. The van der Waals surface area contributed by atoms with Crippen LogP contribution in [0.5, 0.6) is 23.0 Å². The van der Waals surface area contributed by atoms with E-state index < -0.39 is 46.6 Å². The van der Waals surface area contributed by atoms with E-state index in [1.807, 2.05) is 12.1 Å². The van der Waals surface area contributed by atoms with Gasteiger partial charge in [-0.2, -0.15) is 19.2 Å². The van der Waals surface area contributed by atoms with Crippen LogP contribution in [0, 0.1) is 0 Å². The minimum absolute atomic E-state index is 0.00644. The number of aliphatic hydroxyl groups excluding tert-OH is 1. The molecule has 8 aliphatic rings. The normalized spacial score (nSPS) is 26.8. The zero-order chi connectivity index (χ0) is 55.3. The second-order valence-electron chi connectivity index (χ2n) is 21.4. The summed E-state index contributed by atoms with van der Waals surface area (Å²) in [5.74, 6) is 2.14. The van der Waals surface area contributed by atoms with E-state index in [0.29, 0.717) is 17.3 Å². The topological polar surface area (TPSA) is 295 Å². The van der Waals surface area contributed by atoms with E-state index in [2.05, 4.69) is 34.1 Å². The molecule has 10 rings (SSSR count). The van der Waals surface area contributed by atoms with Crippen LogP contribution in [0.2, 0.25) is 0 Å². The SMILES string of the molecule is CCC(O)(CC(C)(C)O)C(=O)O.CCC(O)(CC(C)(C)O)C(=O)OC1C(OC)=C[C@]23CCCN2CCc2cc4c(cc2[C@H]13)OCO4.COC1=C[C@]23CCCN2CCc2cc4c(cc2[C@@H]3C1O)OCO4.O=C=O.O=C=O.